The van der Waals surface area contributed by atoms with E-state index in [0.717, 1.165) is 24.5 Å². The maximum absolute atomic E-state index is 4.39. The van der Waals surface area contributed by atoms with Gasteiger partial charge in [-0.2, -0.15) is 0 Å². The van der Waals surface area contributed by atoms with Gasteiger partial charge in [-0.05, 0) is 12.5 Å². The Morgan fingerprint density at radius 1 is 1.46 bits per heavy atom. The van der Waals surface area contributed by atoms with Gasteiger partial charge >= 0.3 is 0 Å². The summed E-state index contributed by atoms with van der Waals surface area (Å²) in [5.41, 5.74) is 1.11. The second kappa shape index (κ2) is 4.92. The van der Waals surface area contributed by atoms with E-state index in [4.69, 9.17) is 0 Å². The van der Waals surface area contributed by atoms with E-state index in [2.05, 4.69) is 36.1 Å². The van der Waals surface area contributed by atoms with Gasteiger partial charge in [0.2, 0.25) is 0 Å². The van der Waals surface area contributed by atoms with Crippen LogP contribution in [0.25, 0.3) is 0 Å². The molecule has 0 aromatic carbocycles. The molecule has 0 aliphatic rings. The third kappa shape index (κ3) is 3.51. The Labute approximate surface area is 79.6 Å². The fraction of sp³-hybridized carbons (Fsp3) is 0.600. The standard InChI is InChI=1S/C10H17N3/c1-4-9-5-6-11-10(13-9)7-12-8(2)3/h5-6,8,12H,4,7H2,1-3H3. The second-order valence-electron chi connectivity index (χ2n) is 3.35. The minimum absolute atomic E-state index is 0.480. The monoisotopic (exact) mass is 179 g/mol. The summed E-state index contributed by atoms with van der Waals surface area (Å²) in [6.45, 7) is 7.08. The summed E-state index contributed by atoms with van der Waals surface area (Å²) in [4.78, 5) is 8.58. The van der Waals surface area contributed by atoms with Gasteiger partial charge in [-0.3, -0.25) is 0 Å². The van der Waals surface area contributed by atoms with Crippen molar-refractivity contribution >= 4 is 0 Å². The molecule has 0 atom stereocenters. The minimum atomic E-state index is 0.480. The van der Waals surface area contributed by atoms with Crippen LogP contribution in [0.2, 0.25) is 0 Å². The third-order valence-corrected chi connectivity index (χ3v) is 1.79. The lowest BCUT2D eigenvalue weighted by molar-refractivity contribution is 0.570. The first kappa shape index (κ1) is 10.1. The molecule has 0 aliphatic carbocycles. The molecule has 0 spiro atoms. The molecule has 0 aliphatic heterocycles. The molecule has 3 heteroatoms. The Balaban J connectivity index is 2.56. The largest absolute Gasteiger partial charge is 0.308 e. The van der Waals surface area contributed by atoms with Gasteiger partial charge in [0.1, 0.15) is 5.82 Å². The Morgan fingerprint density at radius 2 is 2.23 bits per heavy atom. The van der Waals surface area contributed by atoms with Gasteiger partial charge in [-0.25, -0.2) is 9.97 Å². The molecule has 1 rings (SSSR count). The SMILES string of the molecule is CCc1ccnc(CNC(C)C)n1. The van der Waals surface area contributed by atoms with Crippen LogP contribution in [-0.2, 0) is 13.0 Å². The topological polar surface area (TPSA) is 37.8 Å². The van der Waals surface area contributed by atoms with Crippen LogP contribution in [-0.4, -0.2) is 16.0 Å². The molecule has 1 N–H and O–H groups in total. The predicted octanol–water partition coefficient (Wildman–Crippen LogP) is 1.54. The van der Waals surface area contributed by atoms with E-state index in [1.807, 2.05) is 12.3 Å². The van der Waals surface area contributed by atoms with Gasteiger partial charge in [0, 0.05) is 17.9 Å². The molecule has 1 heterocycles. The number of aromatic nitrogens is 2. The molecule has 0 bridgehead atoms. The predicted molar refractivity (Wildman–Crippen MR) is 53.4 cm³/mol. The van der Waals surface area contributed by atoms with Crippen LogP contribution in [0.5, 0.6) is 0 Å². The average molecular weight is 179 g/mol. The lowest BCUT2D eigenvalue weighted by Crippen LogP contribution is -2.23. The summed E-state index contributed by atoms with van der Waals surface area (Å²) < 4.78 is 0. The highest BCUT2D eigenvalue weighted by Gasteiger charge is 1.98. The molecule has 0 saturated heterocycles. The molecule has 13 heavy (non-hydrogen) atoms. The van der Waals surface area contributed by atoms with Crippen LogP contribution < -0.4 is 5.32 Å². The van der Waals surface area contributed by atoms with Crippen molar-refractivity contribution in [3.8, 4) is 0 Å². The zero-order valence-electron chi connectivity index (χ0n) is 8.54. The second-order valence-corrected chi connectivity index (χ2v) is 3.35. The lowest BCUT2D eigenvalue weighted by atomic mass is 10.3. The number of aryl methyl sites for hydroxylation is 1. The number of hydrogen-bond acceptors (Lipinski definition) is 3. The first-order valence-corrected chi connectivity index (χ1v) is 4.76. The van der Waals surface area contributed by atoms with E-state index in [1.54, 1.807) is 0 Å². The Kier molecular flexibility index (Phi) is 3.83. The maximum atomic E-state index is 4.39. The fourth-order valence-corrected chi connectivity index (χ4v) is 1.02. The average Bonchev–Trinajstić information content (AvgIpc) is 2.15. The molecule has 0 saturated carbocycles. The van der Waals surface area contributed by atoms with E-state index in [-0.39, 0.29) is 0 Å². The molecule has 0 unspecified atom stereocenters. The molecule has 0 fully saturated rings. The Bertz CT molecular complexity index is 258. The van der Waals surface area contributed by atoms with Crippen molar-refractivity contribution in [3.63, 3.8) is 0 Å². The summed E-state index contributed by atoms with van der Waals surface area (Å²) >= 11 is 0. The number of hydrogen-bond donors (Lipinski definition) is 1. The molecule has 0 amide bonds. The third-order valence-electron chi connectivity index (χ3n) is 1.79. The van der Waals surface area contributed by atoms with E-state index in [0.29, 0.717) is 6.04 Å². The van der Waals surface area contributed by atoms with Crippen molar-refractivity contribution < 1.29 is 0 Å². The zero-order valence-corrected chi connectivity index (χ0v) is 8.54. The summed E-state index contributed by atoms with van der Waals surface area (Å²) in [7, 11) is 0. The fourth-order valence-electron chi connectivity index (χ4n) is 1.02. The molecular formula is C10H17N3. The van der Waals surface area contributed by atoms with Gasteiger partial charge in [0.15, 0.2) is 0 Å². The number of nitrogens with zero attached hydrogens (tertiary/aromatic N) is 2. The molecule has 1 aromatic heterocycles. The highest BCUT2D eigenvalue weighted by atomic mass is 15.0. The van der Waals surface area contributed by atoms with Crippen LogP contribution in [0.1, 0.15) is 32.3 Å². The van der Waals surface area contributed by atoms with Gasteiger partial charge in [-0.1, -0.05) is 20.8 Å². The molecule has 3 nitrogen and oxygen atoms in total. The van der Waals surface area contributed by atoms with Gasteiger partial charge < -0.3 is 5.32 Å². The van der Waals surface area contributed by atoms with E-state index < -0.39 is 0 Å². The van der Waals surface area contributed by atoms with E-state index in [9.17, 15) is 0 Å². The van der Waals surface area contributed by atoms with Crippen LogP contribution in [0.3, 0.4) is 0 Å². The quantitative estimate of drug-likeness (QED) is 0.761. The first-order valence-electron chi connectivity index (χ1n) is 4.76. The van der Waals surface area contributed by atoms with Crippen LogP contribution in [0.4, 0.5) is 0 Å². The highest BCUT2D eigenvalue weighted by Crippen LogP contribution is 1.96. The van der Waals surface area contributed by atoms with Crippen molar-refractivity contribution in [2.45, 2.75) is 39.8 Å². The van der Waals surface area contributed by atoms with Gasteiger partial charge in [0.05, 0.1) is 6.54 Å². The molecule has 0 radical (unpaired) electrons. The van der Waals surface area contributed by atoms with Crippen molar-refractivity contribution in [1.29, 1.82) is 0 Å². The zero-order chi connectivity index (χ0) is 9.68. The van der Waals surface area contributed by atoms with Crippen molar-refractivity contribution in [2.24, 2.45) is 0 Å². The summed E-state index contributed by atoms with van der Waals surface area (Å²) in [6, 6.07) is 2.44. The number of nitrogens with one attached hydrogen (secondary N) is 1. The first-order chi connectivity index (χ1) is 6.22. The summed E-state index contributed by atoms with van der Waals surface area (Å²) in [5, 5.41) is 3.29. The summed E-state index contributed by atoms with van der Waals surface area (Å²) in [5.74, 6) is 0.882. The lowest BCUT2D eigenvalue weighted by Gasteiger charge is -2.06. The van der Waals surface area contributed by atoms with Crippen LogP contribution in [0, 0.1) is 0 Å². The maximum Gasteiger partial charge on any atom is 0.142 e. The van der Waals surface area contributed by atoms with Crippen LogP contribution in [0.15, 0.2) is 12.3 Å². The minimum Gasteiger partial charge on any atom is -0.308 e. The van der Waals surface area contributed by atoms with Crippen LogP contribution >= 0.6 is 0 Å². The Morgan fingerprint density at radius 3 is 2.85 bits per heavy atom. The highest BCUT2D eigenvalue weighted by molar-refractivity contribution is 5.01. The van der Waals surface area contributed by atoms with E-state index >= 15 is 0 Å². The normalized spacial score (nSPS) is 10.8. The van der Waals surface area contributed by atoms with Gasteiger partial charge in [0.25, 0.3) is 0 Å². The van der Waals surface area contributed by atoms with E-state index in [1.165, 1.54) is 0 Å². The summed E-state index contributed by atoms with van der Waals surface area (Å²) in [6.07, 6.45) is 2.79. The number of rotatable bonds is 4. The van der Waals surface area contributed by atoms with Crippen molar-refractivity contribution in [1.82, 2.24) is 15.3 Å². The van der Waals surface area contributed by atoms with Gasteiger partial charge in [-0.15, -0.1) is 0 Å². The molecular weight excluding hydrogens is 162 g/mol. The Hall–Kier alpha value is -0.960. The van der Waals surface area contributed by atoms with Crippen molar-refractivity contribution in [3.05, 3.63) is 23.8 Å². The van der Waals surface area contributed by atoms with Crippen molar-refractivity contribution in [2.75, 3.05) is 0 Å². The smallest absolute Gasteiger partial charge is 0.142 e. The molecule has 72 valence electrons. The molecule has 1 aromatic rings.